The van der Waals surface area contributed by atoms with Crippen molar-refractivity contribution in [2.45, 2.75) is 75.5 Å². The highest BCUT2D eigenvalue weighted by atomic mass is 32.1. The van der Waals surface area contributed by atoms with Gasteiger partial charge in [-0.25, -0.2) is 0 Å². The summed E-state index contributed by atoms with van der Waals surface area (Å²) in [7, 11) is -2.62. The van der Waals surface area contributed by atoms with Crippen molar-refractivity contribution in [1.29, 1.82) is 0 Å². The summed E-state index contributed by atoms with van der Waals surface area (Å²) in [6.45, 7) is 9.75. The van der Waals surface area contributed by atoms with Crippen molar-refractivity contribution >= 4 is 82.2 Å². The van der Waals surface area contributed by atoms with Crippen LogP contribution in [0.4, 0.5) is 0 Å². The first-order chi connectivity index (χ1) is 16.4. The Labute approximate surface area is 221 Å². The standard InChI is InChI=1S/2C14H16S2Si/c2*1-9-7-17(11-3-5-15-13(9)11)8-10(2)14-12(17)4-6-16-14/h2*3-6,9-10H,7-8H2,1-2H3/t2*9-,10-,17?/m00/s1. The Balaban J connectivity index is 0.000000118. The molecule has 176 valence electrons. The summed E-state index contributed by atoms with van der Waals surface area (Å²) >= 11 is 7.99. The molecule has 0 fully saturated rings. The van der Waals surface area contributed by atoms with Gasteiger partial charge in [-0.1, -0.05) is 52.0 Å². The Kier molecular flexibility index (Phi) is 5.19. The molecule has 8 heterocycles. The van der Waals surface area contributed by atoms with E-state index in [0.29, 0.717) is 0 Å². The lowest BCUT2D eigenvalue weighted by molar-refractivity contribution is 0.868. The van der Waals surface area contributed by atoms with Crippen LogP contribution in [0.2, 0.25) is 24.2 Å². The molecule has 0 radical (unpaired) electrons. The van der Waals surface area contributed by atoms with Gasteiger partial charge in [0.1, 0.15) is 16.1 Å². The quantitative estimate of drug-likeness (QED) is 0.202. The third kappa shape index (κ3) is 2.90. The highest BCUT2D eigenvalue weighted by Gasteiger charge is 2.53. The largest absolute Gasteiger partial charge is 0.149 e. The fourth-order valence-corrected chi connectivity index (χ4v) is 27.9. The molecule has 4 aromatic heterocycles. The van der Waals surface area contributed by atoms with Gasteiger partial charge >= 0.3 is 0 Å². The molecule has 0 amide bonds. The van der Waals surface area contributed by atoms with Gasteiger partial charge in [0.25, 0.3) is 0 Å². The summed E-state index contributed by atoms with van der Waals surface area (Å²) in [6, 6.07) is 15.7. The molecule has 0 bridgehead atoms. The molecule has 34 heavy (non-hydrogen) atoms. The molecule has 2 spiro atoms. The molecule has 4 aliphatic heterocycles. The van der Waals surface area contributed by atoms with E-state index in [0.717, 1.165) is 23.7 Å². The molecule has 6 heteroatoms. The highest BCUT2D eigenvalue weighted by Crippen LogP contribution is 2.48. The van der Waals surface area contributed by atoms with Crippen LogP contribution in [0.15, 0.2) is 45.8 Å². The summed E-state index contributed by atoms with van der Waals surface area (Å²) in [5.74, 6) is 3.26. The molecule has 8 rings (SSSR count). The lowest BCUT2D eigenvalue weighted by atomic mass is 10.2. The van der Waals surface area contributed by atoms with Gasteiger partial charge in [0.15, 0.2) is 0 Å². The van der Waals surface area contributed by atoms with Crippen molar-refractivity contribution in [2.75, 3.05) is 0 Å². The van der Waals surface area contributed by atoms with E-state index < -0.39 is 16.1 Å². The van der Waals surface area contributed by atoms with E-state index in [4.69, 9.17) is 0 Å². The summed E-state index contributed by atoms with van der Waals surface area (Å²) < 4.78 is 0. The van der Waals surface area contributed by atoms with E-state index >= 15 is 0 Å². The molecule has 0 saturated heterocycles. The maximum absolute atomic E-state index is 2.45. The SMILES string of the molecule is C[C@H]1C[Si]2(C[C@H](C)c3sccc32)c2ccsc21.C[C@H]1C[Si]2(C[C@H](C)c3sccc32)c2ccsc21. The van der Waals surface area contributed by atoms with E-state index in [2.05, 4.69) is 73.5 Å². The summed E-state index contributed by atoms with van der Waals surface area (Å²) in [4.78, 5) is 6.84. The summed E-state index contributed by atoms with van der Waals surface area (Å²) in [5.41, 5.74) is 0. The third-order valence-corrected chi connectivity index (χ3v) is 25.7. The van der Waals surface area contributed by atoms with Gasteiger partial charge < -0.3 is 0 Å². The Bertz CT molecular complexity index is 1160. The first kappa shape index (κ1) is 22.4. The van der Waals surface area contributed by atoms with E-state index in [1.165, 1.54) is 24.2 Å². The minimum atomic E-state index is -1.31. The first-order valence-electron chi connectivity index (χ1n) is 12.8. The molecule has 0 aromatic carbocycles. The van der Waals surface area contributed by atoms with Gasteiger partial charge in [-0.2, -0.15) is 0 Å². The predicted octanol–water partition coefficient (Wildman–Crippen LogP) is 7.21. The van der Waals surface area contributed by atoms with Crippen molar-refractivity contribution in [3.05, 3.63) is 65.3 Å². The smallest absolute Gasteiger partial charge is 0.122 e. The molecule has 4 aliphatic rings. The minimum absolute atomic E-state index is 0.815. The van der Waals surface area contributed by atoms with Crippen LogP contribution >= 0.6 is 45.3 Å². The van der Waals surface area contributed by atoms with Crippen LogP contribution in [0.3, 0.4) is 0 Å². The Morgan fingerprint density at radius 1 is 0.471 bits per heavy atom. The van der Waals surface area contributed by atoms with Crippen LogP contribution < -0.4 is 20.7 Å². The van der Waals surface area contributed by atoms with Crippen LogP contribution in [0, 0.1) is 0 Å². The fourth-order valence-electron chi connectivity index (χ4n) is 8.19. The van der Waals surface area contributed by atoms with Crippen LogP contribution in [0.1, 0.15) is 70.9 Å². The van der Waals surface area contributed by atoms with Crippen molar-refractivity contribution in [3.8, 4) is 0 Å². The summed E-state index contributed by atoms with van der Waals surface area (Å²) in [6.07, 6.45) is 0. The van der Waals surface area contributed by atoms with Crippen LogP contribution in [-0.2, 0) is 0 Å². The van der Waals surface area contributed by atoms with Gasteiger partial charge in [0.2, 0.25) is 0 Å². The number of thiophene rings is 4. The number of hydrogen-bond donors (Lipinski definition) is 0. The molecule has 4 atom stereocenters. The predicted molar refractivity (Wildman–Crippen MR) is 160 cm³/mol. The molecule has 0 aliphatic carbocycles. The second-order valence-electron chi connectivity index (χ2n) is 11.4. The zero-order valence-electron chi connectivity index (χ0n) is 20.4. The minimum Gasteiger partial charge on any atom is -0.149 e. The van der Waals surface area contributed by atoms with E-state index in [-0.39, 0.29) is 0 Å². The zero-order chi connectivity index (χ0) is 23.2. The fraction of sp³-hybridized carbons (Fsp3) is 0.429. The molecular weight excluding hydrogens is 521 g/mol. The van der Waals surface area contributed by atoms with E-state index in [9.17, 15) is 0 Å². The number of hydrogen-bond acceptors (Lipinski definition) is 4. The molecule has 0 unspecified atom stereocenters. The molecule has 4 aromatic rings. The van der Waals surface area contributed by atoms with Crippen LogP contribution in [0.25, 0.3) is 0 Å². The van der Waals surface area contributed by atoms with E-state index in [1.807, 2.05) is 45.3 Å². The van der Waals surface area contributed by atoms with E-state index in [1.54, 1.807) is 40.3 Å². The third-order valence-electron chi connectivity index (χ3n) is 9.25. The molecule has 0 saturated carbocycles. The van der Waals surface area contributed by atoms with Crippen LogP contribution in [-0.4, -0.2) is 16.1 Å². The highest BCUT2D eigenvalue weighted by molar-refractivity contribution is 7.20. The number of rotatable bonds is 0. The second kappa shape index (κ2) is 7.86. The lowest BCUT2D eigenvalue weighted by Gasteiger charge is -2.22. The Morgan fingerprint density at radius 3 is 0.941 bits per heavy atom. The van der Waals surface area contributed by atoms with Crippen molar-refractivity contribution < 1.29 is 0 Å². The first-order valence-corrected chi connectivity index (χ1v) is 21.1. The van der Waals surface area contributed by atoms with Crippen LogP contribution in [0.5, 0.6) is 0 Å². The van der Waals surface area contributed by atoms with Crippen molar-refractivity contribution in [1.82, 2.24) is 0 Å². The van der Waals surface area contributed by atoms with Gasteiger partial charge in [0.05, 0.1) is 0 Å². The topological polar surface area (TPSA) is 0 Å². The summed E-state index contributed by atoms with van der Waals surface area (Å²) in [5, 5.41) is 16.5. The lowest BCUT2D eigenvalue weighted by Crippen LogP contribution is -2.52. The van der Waals surface area contributed by atoms with Crippen molar-refractivity contribution in [2.24, 2.45) is 0 Å². The van der Waals surface area contributed by atoms with Gasteiger partial charge in [-0.05, 0) is 90.1 Å². The molecule has 0 N–H and O–H groups in total. The second-order valence-corrected chi connectivity index (χ2v) is 23.3. The van der Waals surface area contributed by atoms with Gasteiger partial charge in [-0.15, -0.1) is 45.3 Å². The van der Waals surface area contributed by atoms with Gasteiger partial charge in [0, 0.05) is 19.5 Å². The molecular formula is C28H32S4Si2. The Morgan fingerprint density at radius 2 is 0.706 bits per heavy atom. The monoisotopic (exact) mass is 552 g/mol. The van der Waals surface area contributed by atoms with Crippen molar-refractivity contribution in [3.63, 3.8) is 0 Å². The maximum atomic E-state index is 2.45. The average molecular weight is 553 g/mol. The normalized spacial score (nSPS) is 28.6. The average Bonchev–Trinajstić information content (AvgIpc) is 3.61. The molecule has 0 nitrogen and oxygen atoms in total. The zero-order valence-corrected chi connectivity index (χ0v) is 25.7. The number of fused-ring (bicyclic) bond motifs is 8. The van der Waals surface area contributed by atoms with Gasteiger partial charge in [-0.3, -0.25) is 0 Å². The maximum Gasteiger partial charge on any atom is 0.122 e. The Hall–Kier alpha value is -0.766.